The van der Waals surface area contributed by atoms with Gasteiger partial charge in [-0.15, -0.1) is 0 Å². The van der Waals surface area contributed by atoms with Crippen LogP contribution in [-0.4, -0.2) is 22.6 Å². The number of pyridine rings is 1. The number of hydrogen-bond donors (Lipinski definition) is 2. The van der Waals surface area contributed by atoms with Gasteiger partial charge in [0.05, 0.1) is 12.2 Å². The summed E-state index contributed by atoms with van der Waals surface area (Å²) in [5.41, 5.74) is 3.51. The first-order valence-electron chi connectivity index (χ1n) is 5.76. The van der Waals surface area contributed by atoms with Crippen LogP contribution in [0.2, 0.25) is 0 Å². The predicted molar refractivity (Wildman–Crippen MR) is 64.1 cm³/mol. The van der Waals surface area contributed by atoms with Gasteiger partial charge >= 0.3 is 6.18 Å². The van der Waals surface area contributed by atoms with Gasteiger partial charge in [0.2, 0.25) is 5.91 Å². The van der Waals surface area contributed by atoms with Crippen LogP contribution in [0, 0.1) is 0 Å². The Balaban J connectivity index is 2.75. The van der Waals surface area contributed by atoms with Crippen molar-refractivity contribution in [1.29, 1.82) is 0 Å². The average molecular weight is 275 g/mol. The molecule has 0 aliphatic heterocycles. The summed E-state index contributed by atoms with van der Waals surface area (Å²) >= 11 is 0. The standard InChI is InChI=1S/C12H16F3N3O/c1-3-8-5-4-6-17-9(8)7-18-10(19)11(2,16)12(13,14)15/h4-6H,3,7,16H2,1-2H3,(H,18,19). The number of halogens is 3. The number of alkyl halides is 3. The fourth-order valence-corrected chi connectivity index (χ4v) is 1.43. The van der Waals surface area contributed by atoms with E-state index in [0.717, 1.165) is 5.56 Å². The van der Waals surface area contributed by atoms with Gasteiger partial charge in [-0.25, -0.2) is 0 Å². The number of carbonyl (C=O) groups is 1. The fourth-order valence-electron chi connectivity index (χ4n) is 1.43. The minimum Gasteiger partial charge on any atom is -0.349 e. The normalized spacial score (nSPS) is 14.8. The van der Waals surface area contributed by atoms with Crippen molar-refractivity contribution in [2.24, 2.45) is 5.73 Å². The van der Waals surface area contributed by atoms with Crippen LogP contribution >= 0.6 is 0 Å². The number of aryl methyl sites for hydroxylation is 1. The van der Waals surface area contributed by atoms with Gasteiger partial charge in [0.25, 0.3) is 0 Å². The van der Waals surface area contributed by atoms with Crippen LogP contribution in [0.25, 0.3) is 0 Å². The molecule has 1 heterocycles. The van der Waals surface area contributed by atoms with Crippen molar-refractivity contribution in [3.05, 3.63) is 29.6 Å². The second kappa shape index (κ2) is 5.56. The monoisotopic (exact) mass is 275 g/mol. The number of rotatable bonds is 4. The van der Waals surface area contributed by atoms with Gasteiger partial charge in [-0.3, -0.25) is 9.78 Å². The van der Waals surface area contributed by atoms with E-state index < -0.39 is 17.6 Å². The predicted octanol–water partition coefficient (Wildman–Crippen LogP) is 1.54. The lowest BCUT2D eigenvalue weighted by atomic mass is 10.0. The molecule has 0 bridgehead atoms. The van der Waals surface area contributed by atoms with Crippen molar-refractivity contribution < 1.29 is 18.0 Å². The van der Waals surface area contributed by atoms with Gasteiger partial charge in [-0.2, -0.15) is 13.2 Å². The number of nitrogens with two attached hydrogens (primary N) is 1. The summed E-state index contributed by atoms with van der Waals surface area (Å²) in [6.07, 6.45) is -2.60. The minimum absolute atomic E-state index is 0.0777. The number of carbonyl (C=O) groups excluding carboxylic acids is 1. The zero-order chi connectivity index (χ0) is 14.7. The van der Waals surface area contributed by atoms with Gasteiger partial charge in [-0.1, -0.05) is 13.0 Å². The van der Waals surface area contributed by atoms with E-state index in [4.69, 9.17) is 5.73 Å². The van der Waals surface area contributed by atoms with Gasteiger partial charge in [0, 0.05) is 6.20 Å². The lowest BCUT2D eigenvalue weighted by molar-refractivity contribution is -0.187. The van der Waals surface area contributed by atoms with Gasteiger partial charge in [0.1, 0.15) is 0 Å². The molecule has 0 aliphatic carbocycles. The summed E-state index contributed by atoms with van der Waals surface area (Å²) in [6, 6.07) is 3.53. The molecule has 0 aliphatic rings. The zero-order valence-electron chi connectivity index (χ0n) is 10.7. The third kappa shape index (κ3) is 3.44. The molecule has 1 aromatic heterocycles. The Labute approximate surface area is 109 Å². The molecule has 3 N–H and O–H groups in total. The molecule has 1 unspecified atom stereocenters. The largest absolute Gasteiger partial charge is 0.415 e. The molecule has 1 aromatic rings. The molecule has 0 spiro atoms. The van der Waals surface area contributed by atoms with Crippen molar-refractivity contribution in [1.82, 2.24) is 10.3 Å². The number of nitrogens with one attached hydrogen (secondary N) is 1. The molecule has 1 atom stereocenters. The third-order valence-electron chi connectivity index (χ3n) is 2.84. The number of aromatic nitrogens is 1. The topological polar surface area (TPSA) is 68.0 Å². The van der Waals surface area contributed by atoms with E-state index in [1.54, 1.807) is 12.1 Å². The number of hydrogen-bond acceptors (Lipinski definition) is 3. The molecule has 1 rings (SSSR count). The maximum absolute atomic E-state index is 12.6. The Kier molecular flexibility index (Phi) is 4.52. The first-order chi connectivity index (χ1) is 8.70. The van der Waals surface area contributed by atoms with E-state index in [1.165, 1.54) is 6.20 Å². The summed E-state index contributed by atoms with van der Waals surface area (Å²) in [4.78, 5) is 15.5. The molecule has 4 nitrogen and oxygen atoms in total. The number of amides is 1. The maximum Gasteiger partial charge on any atom is 0.415 e. The summed E-state index contributed by atoms with van der Waals surface area (Å²) in [6.45, 7) is 2.46. The SMILES string of the molecule is CCc1cccnc1CNC(=O)C(C)(N)C(F)(F)F. The maximum atomic E-state index is 12.6. The van der Waals surface area contributed by atoms with Crippen LogP contribution in [0.1, 0.15) is 25.1 Å². The zero-order valence-corrected chi connectivity index (χ0v) is 10.7. The molecule has 1 amide bonds. The van der Waals surface area contributed by atoms with Gasteiger partial charge in [0.15, 0.2) is 5.54 Å². The highest BCUT2D eigenvalue weighted by Crippen LogP contribution is 2.27. The van der Waals surface area contributed by atoms with E-state index >= 15 is 0 Å². The van der Waals surface area contributed by atoms with Crippen molar-refractivity contribution in [3.8, 4) is 0 Å². The molecule has 0 fully saturated rings. The van der Waals surface area contributed by atoms with Crippen LogP contribution in [0.4, 0.5) is 13.2 Å². The molecule has 0 saturated carbocycles. The minimum atomic E-state index is -4.80. The highest BCUT2D eigenvalue weighted by atomic mass is 19.4. The lowest BCUT2D eigenvalue weighted by Crippen LogP contribution is -2.61. The van der Waals surface area contributed by atoms with Crippen molar-refractivity contribution >= 4 is 5.91 Å². The van der Waals surface area contributed by atoms with E-state index in [2.05, 4.69) is 10.3 Å². The van der Waals surface area contributed by atoms with Gasteiger partial charge < -0.3 is 11.1 Å². The van der Waals surface area contributed by atoms with Crippen molar-refractivity contribution in [2.75, 3.05) is 0 Å². The Hall–Kier alpha value is -1.63. The van der Waals surface area contributed by atoms with E-state index in [1.807, 2.05) is 6.92 Å². The lowest BCUT2D eigenvalue weighted by Gasteiger charge is -2.26. The van der Waals surface area contributed by atoms with Crippen LogP contribution in [0.15, 0.2) is 18.3 Å². The molecule has 0 saturated heterocycles. The third-order valence-corrected chi connectivity index (χ3v) is 2.84. The molecule has 19 heavy (non-hydrogen) atoms. The first-order valence-corrected chi connectivity index (χ1v) is 5.76. The quantitative estimate of drug-likeness (QED) is 0.875. The molecule has 106 valence electrons. The summed E-state index contributed by atoms with van der Waals surface area (Å²) in [5, 5.41) is 2.17. The first kappa shape index (κ1) is 15.4. The van der Waals surface area contributed by atoms with Crippen LogP contribution in [-0.2, 0) is 17.8 Å². The van der Waals surface area contributed by atoms with Crippen LogP contribution in [0.5, 0.6) is 0 Å². The van der Waals surface area contributed by atoms with E-state index in [9.17, 15) is 18.0 Å². The van der Waals surface area contributed by atoms with Crippen LogP contribution < -0.4 is 11.1 Å². The second-order valence-corrected chi connectivity index (χ2v) is 4.35. The number of nitrogens with zero attached hydrogens (tertiary/aromatic N) is 1. The average Bonchev–Trinajstić information content (AvgIpc) is 2.34. The second-order valence-electron chi connectivity index (χ2n) is 4.35. The van der Waals surface area contributed by atoms with Crippen LogP contribution in [0.3, 0.4) is 0 Å². The van der Waals surface area contributed by atoms with Gasteiger partial charge in [-0.05, 0) is 25.0 Å². The van der Waals surface area contributed by atoms with Crippen molar-refractivity contribution in [2.45, 2.75) is 38.5 Å². The highest BCUT2D eigenvalue weighted by molar-refractivity contribution is 5.86. The molecule has 0 radical (unpaired) electrons. The summed E-state index contributed by atoms with van der Waals surface area (Å²) in [5.74, 6) is -1.27. The Morgan fingerprint density at radius 3 is 2.63 bits per heavy atom. The molecule has 7 heteroatoms. The van der Waals surface area contributed by atoms with Crippen molar-refractivity contribution in [3.63, 3.8) is 0 Å². The molecular weight excluding hydrogens is 259 g/mol. The smallest absolute Gasteiger partial charge is 0.349 e. The Morgan fingerprint density at radius 1 is 1.47 bits per heavy atom. The highest BCUT2D eigenvalue weighted by Gasteiger charge is 2.53. The Bertz CT molecular complexity index is 458. The Morgan fingerprint density at radius 2 is 2.11 bits per heavy atom. The molecule has 0 aromatic carbocycles. The molecular formula is C12H16F3N3O. The van der Waals surface area contributed by atoms with E-state index in [-0.39, 0.29) is 6.54 Å². The summed E-state index contributed by atoms with van der Waals surface area (Å²) < 4.78 is 37.7. The van der Waals surface area contributed by atoms with E-state index in [0.29, 0.717) is 19.0 Å². The fraction of sp³-hybridized carbons (Fsp3) is 0.500. The summed E-state index contributed by atoms with van der Waals surface area (Å²) in [7, 11) is 0.